The molecule has 33 heavy (non-hydrogen) atoms. The number of amides is 2. The van der Waals surface area contributed by atoms with Crippen molar-refractivity contribution in [1.82, 2.24) is 5.32 Å². The number of thioether (sulfide) groups is 1. The molecule has 2 aromatic rings. The quantitative estimate of drug-likeness (QED) is 0.255. The van der Waals surface area contributed by atoms with E-state index >= 15 is 0 Å². The molecule has 4 N–H and O–H groups in total. The Labute approximate surface area is 199 Å². The van der Waals surface area contributed by atoms with Crippen LogP contribution >= 0.6 is 23.4 Å². The highest BCUT2D eigenvalue weighted by Crippen LogP contribution is 2.37. The lowest BCUT2D eigenvalue weighted by Gasteiger charge is -2.27. The normalized spacial score (nSPS) is 16.8. The van der Waals surface area contributed by atoms with Gasteiger partial charge in [-0.2, -0.15) is 0 Å². The predicted molar refractivity (Wildman–Crippen MR) is 125 cm³/mol. The number of ether oxygens (including phenoxy) is 1. The van der Waals surface area contributed by atoms with Gasteiger partial charge in [0.25, 0.3) is 5.91 Å². The number of hydrogen-bond donors (Lipinski definition) is 3. The molecule has 0 radical (unpaired) electrons. The number of nitrogens with one attached hydrogen (secondary N) is 1. The van der Waals surface area contributed by atoms with Gasteiger partial charge in [0, 0.05) is 15.7 Å². The van der Waals surface area contributed by atoms with Crippen molar-refractivity contribution in [3.63, 3.8) is 0 Å². The van der Waals surface area contributed by atoms with Crippen LogP contribution in [-0.4, -0.2) is 40.4 Å². The van der Waals surface area contributed by atoms with E-state index < -0.39 is 35.3 Å². The molecular formula is C22H24ClFN4O4S. The van der Waals surface area contributed by atoms with Crippen molar-refractivity contribution >= 4 is 46.9 Å². The second kappa shape index (κ2) is 9.88. The zero-order chi connectivity index (χ0) is 24.3. The standard InChI is InChI=1S/C22H24ClFN4O4S/c1-22(2,3)32-21(30)26-16-11-33-18-9-15(24)14(19(25)27-31)8-17(18)28(20(16)29)10-12-4-6-13(23)7-5-12/h4-9,16,31H,10-11H2,1-3H3,(H2,25,27)(H,26,30)/t16-/m0/s1. The van der Waals surface area contributed by atoms with Crippen molar-refractivity contribution in [2.24, 2.45) is 10.9 Å². The van der Waals surface area contributed by atoms with Gasteiger partial charge in [0.05, 0.1) is 17.8 Å². The molecule has 1 aliphatic rings. The van der Waals surface area contributed by atoms with E-state index in [4.69, 9.17) is 27.3 Å². The predicted octanol–water partition coefficient (Wildman–Crippen LogP) is 4.11. The number of alkyl carbamates (subject to hydrolysis) is 1. The van der Waals surface area contributed by atoms with Gasteiger partial charge in [0.15, 0.2) is 5.84 Å². The van der Waals surface area contributed by atoms with Gasteiger partial charge in [-0.05, 0) is 50.6 Å². The number of hydrogen-bond acceptors (Lipinski definition) is 6. The highest BCUT2D eigenvalue weighted by Gasteiger charge is 2.34. The Morgan fingerprint density at radius 3 is 2.64 bits per heavy atom. The first-order valence-corrected chi connectivity index (χ1v) is 11.3. The van der Waals surface area contributed by atoms with Crippen LogP contribution in [-0.2, 0) is 16.1 Å². The summed E-state index contributed by atoms with van der Waals surface area (Å²) in [6.07, 6.45) is -0.734. The van der Waals surface area contributed by atoms with Crippen LogP contribution in [0.3, 0.4) is 0 Å². The highest BCUT2D eigenvalue weighted by atomic mass is 35.5. The van der Waals surface area contributed by atoms with Crippen LogP contribution in [0.5, 0.6) is 0 Å². The Hall–Kier alpha value is -2.98. The van der Waals surface area contributed by atoms with Crippen LogP contribution in [0.1, 0.15) is 31.9 Å². The zero-order valence-corrected chi connectivity index (χ0v) is 19.8. The molecule has 0 aliphatic carbocycles. The molecule has 3 rings (SSSR count). The van der Waals surface area contributed by atoms with E-state index in [0.29, 0.717) is 15.6 Å². The molecule has 176 valence electrons. The molecule has 0 spiro atoms. The monoisotopic (exact) mass is 494 g/mol. The topological polar surface area (TPSA) is 117 Å². The molecule has 0 fully saturated rings. The van der Waals surface area contributed by atoms with Gasteiger partial charge in [0.2, 0.25) is 0 Å². The summed E-state index contributed by atoms with van der Waals surface area (Å²) in [5.74, 6) is -1.38. The fourth-order valence-electron chi connectivity index (χ4n) is 3.16. The van der Waals surface area contributed by atoms with Gasteiger partial charge < -0.3 is 25.9 Å². The molecular weight excluding hydrogens is 471 g/mol. The van der Waals surface area contributed by atoms with Crippen LogP contribution in [0.4, 0.5) is 14.9 Å². The molecule has 8 nitrogen and oxygen atoms in total. The van der Waals surface area contributed by atoms with Crippen LogP contribution < -0.4 is 16.0 Å². The van der Waals surface area contributed by atoms with Crippen molar-refractivity contribution in [2.75, 3.05) is 10.7 Å². The molecule has 0 bridgehead atoms. The average Bonchev–Trinajstić information content (AvgIpc) is 2.85. The number of benzene rings is 2. The van der Waals surface area contributed by atoms with E-state index in [9.17, 15) is 14.0 Å². The summed E-state index contributed by atoms with van der Waals surface area (Å²) in [5.41, 5.74) is 5.87. The first-order valence-electron chi connectivity index (χ1n) is 9.98. The third-order valence-electron chi connectivity index (χ3n) is 4.64. The molecule has 2 amide bonds. The van der Waals surface area contributed by atoms with Crippen LogP contribution in [0.15, 0.2) is 46.4 Å². The van der Waals surface area contributed by atoms with Crippen molar-refractivity contribution < 1.29 is 23.9 Å². The Balaban J connectivity index is 2.02. The first-order chi connectivity index (χ1) is 15.5. The van der Waals surface area contributed by atoms with Crippen LogP contribution in [0, 0.1) is 5.82 Å². The third kappa shape index (κ3) is 6.08. The second-order valence-corrected chi connectivity index (χ2v) is 9.84. The number of carbonyl (C=O) groups is 2. The van der Waals surface area contributed by atoms with Crippen LogP contribution in [0.2, 0.25) is 5.02 Å². The SMILES string of the molecule is CC(C)(C)OC(=O)N[C@H]1CSc2cc(F)c(/C(N)=N/O)cc2N(Cc2ccc(Cl)cc2)C1=O. The summed E-state index contributed by atoms with van der Waals surface area (Å²) >= 11 is 7.18. The molecule has 0 aromatic heterocycles. The molecule has 0 saturated carbocycles. The summed E-state index contributed by atoms with van der Waals surface area (Å²) in [6, 6.07) is 8.56. The van der Waals surface area contributed by atoms with E-state index in [0.717, 1.165) is 5.56 Å². The number of rotatable bonds is 4. The van der Waals surface area contributed by atoms with Crippen molar-refractivity contribution in [3.8, 4) is 0 Å². The Morgan fingerprint density at radius 2 is 2.03 bits per heavy atom. The second-order valence-electron chi connectivity index (χ2n) is 8.35. The summed E-state index contributed by atoms with van der Waals surface area (Å²) < 4.78 is 19.9. The maximum absolute atomic E-state index is 14.6. The lowest BCUT2D eigenvalue weighted by Crippen LogP contribution is -2.50. The molecule has 11 heteroatoms. The molecule has 1 atom stereocenters. The lowest BCUT2D eigenvalue weighted by atomic mass is 10.1. The number of amidine groups is 1. The van der Waals surface area contributed by atoms with Crippen LogP contribution in [0.25, 0.3) is 0 Å². The number of anilines is 1. The molecule has 1 heterocycles. The van der Waals surface area contributed by atoms with E-state index in [1.54, 1.807) is 45.0 Å². The minimum absolute atomic E-state index is 0.122. The van der Waals surface area contributed by atoms with E-state index in [-0.39, 0.29) is 17.9 Å². The Morgan fingerprint density at radius 1 is 1.36 bits per heavy atom. The van der Waals surface area contributed by atoms with Gasteiger partial charge in [-0.3, -0.25) is 4.79 Å². The molecule has 0 saturated heterocycles. The number of halogens is 2. The summed E-state index contributed by atoms with van der Waals surface area (Å²) in [4.78, 5) is 27.8. The third-order valence-corrected chi connectivity index (χ3v) is 6.03. The number of nitrogens with two attached hydrogens (primary N) is 1. The number of nitrogens with zero attached hydrogens (tertiary/aromatic N) is 2. The van der Waals surface area contributed by atoms with Crippen molar-refractivity contribution in [3.05, 3.63) is 58.4 Å². The fraction of sp³-hybridized carbons (Fsp3) is 0.318. The average molecular weight is 495 g/mol. The number of fused-ring (bicyclic) bond motifs is 1. The van der Waals surface area contributed by atoms with Gasteiger partial charge in [-0.25, -0.2) is 9.18 Å². The largest absolute Gasteiger partial charge is 0.444 e. The van der Waals surface area contributed by atoms with E-state index in [2.05, 4.69) is 10.5 Å². The van der Waals surface area contributed by atoms with Gasteiger partial charge in [-0.1, -0.05) is 28.9 Å². The molecule has 2 aromatic carbocycles. The fourth-order valence-corrected chi connectivity index (χ4v) is 4.36. The zero-order valence-electron chi connectivity index (χ0n) is 18.3. The minimum atomic E-state index is -0.931. The smallest absolute Gasteiger partial charge is 0.408 e. The van der Waals surface area contributed by atoms with E-state index in [1.807, 2.05) is 0 Å². The maximum atomic E-state index is 14.6. The summed E-state index contributed by atoms with van der Waals surface area (Å²) in [7, 11) is 0. The minimum Gasteiger partial charge on any atom is -0.444 e. The summed E-state index contributed by atoms with van der Waals surface area (Å²) in [5, 5.41) is 15.0. The number of oxime groups is 1. The lowest BCUT2D eigenvalue weighted by molar-refractivity contribution is -0.120. The Kier molecular flexibility index (Phi) is 7.38. The van der Waals surface area contributed by atoms with Crippen molar-refractivity contribution in [1.29, 1.82) is 0 Å². The van der Waals surface area contributed by atoms with Gasteiger partial charge in [0.1, 0.15) is 17.5 Å². The molecule has 0 unspecified atom stereocenters. The summed E-state index contributed by atoms with van der Waals surface area (Å²) in [6.45, 7) is 5.28. The Bertz CT molecular complexity index is 1090. The molecule has 1 aliphatic heterocycles. The highest BCUT2D eigenvalue weighted by molar-refractivity contribution is 7.99. The van der Waals surface area contributed by atoms with E-state index in [1.165, 1.54) is 28.8 Å². The van der Waals surface area contributed by atoms with Crippen molar-refractivity contribution in [2.45, 2.75) is 43.9 Å². The van der Waals surface area contributed by atoms with Gasteiger partial charge >= 0.3 is 6.09 Å². The maximum Gasteiger partial charge on any atom is 0.408 e. The van der Waals surface area contributed by atoms with Gasteiger partial charge in [-0.15, -0.1) is 11.8 Å². The number of carbonyl (C=O) groups excluding carboxylic acids is 2. The first kappa shape index (κ1) is 24.7.